The van der Waals surface area contributed by atoms with E-state index in [-0.39, 0.29) is 11.8 Å². The molecule has 1 aromatic carbocycles. The van der Waals surface area contributed by atoms with Crippen LogP contribution in [-0.2, 0) is 4.79 Å². The summed E-state index contributed by atoms with van der Waals surface area (Å²) < 4.78 is 0. The van der Waals surface area contributed by atoms with Crippen molar-refractivity contribution in [1.82, 2.24) is 0 Å². The Hall–Kier alpha value is -1.24. The fourth-order valence-electron chi connectivity index (χ4n) is 1.34. The van der Waals surface area contributed by atoms with Gasteiger partial charge in [0.15, 0.2) is 0 Å². The van der Waals surface area contributed by atoms with Crippen molar-refractivity contribution < 1.29 is 4.79 Å². The lowest BCUT2D eigenvalue weighted by molar-refractivity contribution is -0.116. The van der Waals surface area contributed by atoms with Crippen LogP contribution in [0.5, 0.6) is 0 Å². The summed E-state index contributed by atoms with van der Waals surface area (Å²) in [5, 5.41) is 9.06. The maximum atomic E-state index is 11.5. The van der Waals surface area contributed by atoms with E-state index in [1.165, 1.54) is 4.90 Å². The number of benzene rings is 1. The van der Waals surface area contributed by atoms with Gasteiger partial charge in [-0.3, -0.25) is 4.79 Å². The number of carbonyl (C=O) groups excluding carboxylic acids is 1. The molecule has 84 valence electrons. The van der Waals surface area contributed by atoms with E-state index in [1.807, 2.05) is 13.0 Å². The molecule has 1 aromatic rings. The van der Waals surface area contributed by atoms with Crippen LogP contribution in [0.1, 0.15) is 12.5 Å². The summed E-state index contributed by atoms with van der Waals surface area (Å²) in [6.07, 6.45) is 0. The van der Waals surface area contributed by atoms with Crippen LogP contribution in [0.3, 0.4) is 0 Å². The van der Waals surface area contributed by atoms with E-state index < -0.39 is 0 Å². The van der Waals surface area contributed by atoms with Crippen LogP contribution in [0.25, 0.3) is 0 Å². The lowest BCUT2D eigenvalue weighted by Gasteiger charge is -2.20. The zero-order valence-corrected chi connectivity index (χ0v) is 10.2. The topological polar surface area (TPSA) is 44.1 Å². The number of amides is 1. The largest absolute Gasteiger partial charge is 0.312 e. The molecule has 0 N–H and O–H groups in total. The summed E-state index contributed by atoms with van der Waals surface area (Å²) in [4.78, 5) is 13.0. The molecule has 0 aliphatic rings. The number of nitrogens with zero attached hydrogens (tertiary/aromatic N) is 2. The highest BCUT2D eigenvalue weighted by Crippen LogP contribution is 2.23. The number of hydrogen-bond donors (Lipinski definition) is 0. The summed E-state index contributed by atoms with van der Waals surface area (Å²) >= 11 is 11.4. The van der Waals surface area contributed by atoms with Gasteiger partial charge in [-0.1, -0.05) is 11.6 Å². The van der Waals surface area contributed by atoms with Gasteiger partial charge in [0, 0.05) is 12.2 Å². The minimum Gasteiger partial charge on any atom is -0.312 e. The Morgan fingerprint density at radius 1 is 1.56 bits per heavy atom. The molecule has 5 heteroatoms. The van der Waals surface area contributed by atoms with Gasteiger partial charge < -0.3 is 4.90 Å². The second-order valence-electron chi connectivity index (χ2n) is 3.05. The first-order valence-corrected chi connectivity index (χ1v) is 5.61. The molecule has 0 aliphatic heterocycles. The molecule has 0 aromatic heterocycles. The summed E-state index contributed by atoms with van der Waals surface area (Å²) in [5.41, 5.74) is 1.04. The minimum absolute atomic E-state index is 0.0779. The van der Waals surface area contributed by atoms with Crippen LogP contribution in [0, 0.1) is 11.3 Å². The molecule has 0 saturated heterocycles. The van der Waals surface area contributed by atoms with Crippen LogP contribution in [-0.4, -0.2) is 18.3 Å². The first kappa shape index (κ1) is 12.8. The Labute approximate surface area is 104 Å². The quantitative estimate of drug-likeness (QED) is 0.781. The molecule has 1 amide bonds. The van der Waals surface area contributed by atoms with Gasteiger partial charge in [-0.25, -0.2) is 0 Å². The molecule has 0 spiro atoms. The lowest BCUT2D eigenvalue weighted by Crippen LogP contribution is -2.31. The number of rotatable bonds is 3. The zero-order valence-electron chi connectivity index (χ0n) is 8.70. The Morgan fingerprint density at radius 3 is 2.69 bits per heavy atom. The fraction of sp³-hybridized carbons (Fsp3) is 0.273. The first-order chi connectivity index (χ1) is 7.63. The highest BCUT2D eigenvalue weighted by molar-refractivity contribution is 6.32. The third kappa shape index (κ3) is 2.66. The summed E-state index contributed by atoms with van der Waals surface area (Å²) in [5.74, 6) is -0.268. The Balaban J connectivity index is 3.09. The van der Waals surface area contributed by atoms with Crippen LogP contribution < -0.4 is 4.90 Å². The van der Waals surface area contributed by atoms with E-state index >= 15 is 0 Å². The maximum Gasteiger partial charge on any atom is 0.241 e. The average Bonchev–Trinajstić information content (AvgIpc) is 2.30. The molecule has 0 bridgehead atoms. The number of halogens is 2. The monoisotopic (exact) mass is 256 g/mol. The Bertz CT molecular complexity index is 440. The van der Waals surface area contributed by atoms with Crippen molar-refractivity contribution in [2.24, 2.45) is 0 Å². The molecule has 0 unspecified atom stereocenters. The van der Waals surface area contributed by atoms with Gasteiger partial charge >= 0.3 is 0 Å². The van der Waals surface area contributed by atoms with Gasteiger partial charge in [-0.05, 0) is 25.1 Å². The third-order valence-electron chi connectivity index (χ3n) is 2.12. The SMILES string of the molecule is CCN(C(=O)CCl)c1ccc(C#N)c(Cl)c1. The minimum atomic E-state index is -0.190. The van der Waals surface area contributed by atoms with E-state index in [0.717, 1.165) is 0 Å². The van der Waals surface area contributed by atoms with E-state index in [2.05, 4.69) is 0 Å². The zero-order chi connectivity index (χ0) is 12.1. The van der Waals surface area contributed by atoms with Crippen molar-refractivity contribution >= 4 is 34.8 Å². The lowest BCUT2D eigenvalue weighted by atomic mass is 10.2. The van der Waals surface area contributed by atoms with E-state index in [1.54, 1.807) is 18.2 Å². The highest BCUT2D eigenvalue weighted by atomic mass is 35.5. The molecule has 16 heavy (non-hydrogen) atoms. The second kappa shape index (κ2) is 5.74. The summed E-state index contributed by atoms with van der Waals surface area (Å²) in [7, 11) is 0. The standard InChI is InChI=1S/C11H10Cl2N2O/c1-2-15(11(16)6-12)9-4-3-8(7-14)10(13)5-9/h3-5H,2,6H2,1H3. The van der Waals surface area contributed by atoms with Crippen molar-refractivity contribution in [3.8, 4) is 6.07 Å². The van der Waals surface area contributed by atoms with Gasteiger partial charge in [-0.2, -0.15) is 5.26 Å². The van der Waals surface area contributed by atoms with E-state index in [0.29, 0.717) is 22.8 Å². The molecule has 0 fully saturated rings. The average molecular weight is 257 g/mol. The normalized spacial score (nSPS) is 9.62. The predicted molar refractivity (Wildman–Crippen MR) is 64.9 cm³/mol. The number of anilines is 1. The fourth-order valence-corrected chi connectivity index (χ4v) is 1.70. The van der Waals surface area contributed by atoms with Crippen LogP contribution in [0.2, 0.25) is 5.02 Å². The van der Waals surface area contributed by atoms with Gasteiger partial charge in [0.2, 0.25) is 5.91 Å². The number of nitriles is 1. The third-order valence-corrected chi connectivity index (χ3v) is 2.66. The Morgan fingerprint density at radius 2 is 2.25 bits per heavy atom. The van der Waals surface area contributed by atoms with Crippen LogP contribution in [0.15, 0.2) is 18.2 Å². The van der Waals surface area contributed by atoms with Gasteiger partial charge in [0.1, 0.15) is 11.9 Å². The predicted octanol–water partition coefficient (Wildman–Crippen LogP) is 2.80. The summed E-state index contributed by atoms with van der Waals surface area (Å²) in [6, 6.07) is 6.82. The number of alkyl halides is 1. The van der Waals surface area contributed by atoms with Gasteiger partial charge in [-0.15, -0.1) is 11.6 Å². The van der Waals surface area contributed by atoms with Crippen molar-refractivity contribution in [3.63, 3.8) is 0 Å². The molecule has 0 saturated carbocycles. The number of carbonyl (C=O) groups is 1. The molecular weight excluding hydrogens is 247 g/mol. The van der Waals surface area contributed by atoms with Crippen molar-refractivity contribution in [1.29, 1.82) is 5.26 Å². The van der Waals surface area contributed by atoms with Crippen molar-refractivity contribution in [2.45, 2.75) is 6.92 Å². The highest BCUT2D eigenvalue weighted by Gasteiger charge is 2.13. The van der Waals surface area contributed by atoms with E-state index in [9.17, 15) is 4.79 Å². The molecule has 1 rings (SSSR count). The van der Waals surface area contributed by atoms with Crippen LogP contribution in [0.4, 0.5) is 5.69 Å². The smallest absolute Gasteiger partial charge is 0.241 e. The molecule has 0 heterocycles. The molecule has 3 nitrogen and oxygen atoms in total. The van der Waals surface area contributed by atoms with Gasteiger partial charge in [0.25, 0.3) is 0 Å². The number of hydrogen-bond acceptors (Lipinski definition) is 2. The first-order valence-electron chi connectivity index (χ1n) is 4.70. The van der Waals surface area contributed by atoms with Crippen molar-refractivity contribution in [2.75, 3.05) is 17.3 Å². The molecule has 0 aliphatic carbocycles. The molecule has 0 radical (unpaired) electrons. The Kier molecular flexibility index (Phi) is 4.60. The van der Waals surface area contributed by atoms with Crippen LogP contribution >= 0.6 is 23.2 Å². The molecular formula is C11H10Cl2N2O. The van der Waals surface area contributed by atoms with E-state index in [4.69, 9.17) is 28.5 Å². The summed E-state index contributed by atoms with van der Waals surface area (Å²) in [6.45, 7) is 2.35. The molecule has 0 atom stereocenters. The second-order valence-corrected chi connectivity index (χ2v) is 3.72. The van der Waals surface area contributed by atoms with Gasteiger partial charge in [0.05, 0.1) is 10.6 Å². The maximum absolute atomic E-state index is 11.5. The van der Waals surface area contributed by atoms with Crippen molar-refractivity contribution in [3.05, 3.63) is 28.8 Å².